The van der Waals surface area contributed by atoms with Gasteiger partial charge in [0, 0.05) is 13.1 Å². The first kappa shape index (κ1) is 14.6. The van der Waals surface area contributed by atoms with Gasteiger partial charge in [-0.25, -0.2) is 0 Å². The minimum atomic E-state index is -0.508. The van der Waals surface area contributed by atoms with E-state index < -0.39 is 6.04 Å². The molecule has 1 saturated heterocycles. The van der Waals surface area contributed by atoms with Crippen LogP contribution in [0.5, 0.6) is 0 Å². The lowest BCUT2D eigenvalue weighted by Crippen LogP contribution is -2.46. The van der Waals surface area contributed by atoms with Crippen LogP contribution in [0.4, 0.5) is 0 Å². The highest BCUT2D eigenvalue weighted by molar-refractivity contribution is 5.83. The molecule has 3 rings (SSSR count). The van der Waals surface area contributed by atoms with E-state index in [0.717, 1.165) is 18.7 Å². The number of rotatable bonds is 2. The molecule has 1 aromatic carbocycles. The molecule has 1 saturated carbocycles. The molecule has 1 atom stereocenters. The molecule has 2 N–H and O–H groups in total. The first-order chi connectivity index (χ1) is 10.2. The van der Waals surface area contributed by atoms with Gasteiger partial charge in [0.15, 0.2) is 0 Å². The molecule has 0 bridgehead atoms. The molecule has 1 spiro atoms. The SMILES string of the molecule is N[C@H](C(=O)N1CCC2(CCCCC2)CC1)c1ccccc1. The number of carbonyl (C=O) groups is 1. The lowest BCUT2D eigenvalue weighted by Gasteiger charge is -2.44. The third kappa shape index (κ3) is 3.13. The Kier molecular flexibility index (Phi) is 4.29. The van der Waals surface area contributed by atoms with Crippen LogP contribution in [0, 0.1) is 5.41 Å². The zero-order valence-electron chi connectivity index (χ0n) is 12.8. The molecule has 0 radical (unpaired) electrons. The molecule has 1 aromatic rings. The first-order valence-corrected chi connectivity index (χ1v) is 8.30. The molecule has 2 fully saturated rings. The average molecular weight is 286 g/mol. The van der Waals surface area contributed by atoms with Crippen molar-refractivity contribution >= 4 is 5.91 Å². The minimum absolute atomic E-state index is 0.0897. The van der Waals surface area contributed by atoms with E-state index in [-0.39, 0.29) is 5.91 Å². The summed E-state index contributed by atoms with van der Waals surface area (Å²) in [4.78, 5) is 14.6. The number of nitrogens with zero attached hydrogens (tertiary/aromatic N) is 1. The van der Waals surface area contributed by atoms with Gasteiger partial charge in [0.25, 0.3) is 0 Å². The summed E-state index contributed by atoms with van der Waals surface area (Å²) in [6.07, 6.45) is 9.19. The Morgan fingerprint density at radius 3 is 2.24 bits per heavy atom. The number of likely N-dealkylation sites (tertiary alicyclic amines) is 1. The van der Waals surface area contributed by atoms with Crippen LogP contribution >= 0.6 is 0 Å². The Morgan fingerprint density at radius 1 is 1.00 bits per heavy atom. The second-order valence-corrected chi connectivity index (χ2v) is 6.77. The van der Waals surface area contributed by atoms with E-state index in [2.05, 4.69) is 0 Å². The molecular formula is C18H26N2O. The molecule has 114 valence electrons. The van der Waals surface area contributed by atoms with Crippen molar-refractivity contribution in [2.75, 3.05) is 13.1 Å². The van der Waals surface area contributed by atoms with Gasteiger partial charge in [-0.15, -0.1) is 0 Å². The number of hydrogen-bond donors (Lipinski definition) is 1. The van der Waals surface area contributed by atoms with Gasteiger partial charge < -0.3 is 10.6 Å². The monoisotopic (exact) mass is 286 g/mol. The summed E-state index contributed by atoms with van der Waals surface area (Å²) in [6, 6.07) is 9.20. The minimum Gasteiger partial charge on any atom is -0.341 e. The third-order valence-corrected chi connectivity index (χ3v) is 5.47. The van der Waals surface area contributed by atoms with Crippen molar-refractivity contribution in [3.63, 3.8) is 0 Å². The fourth-order valence-corrected chi connectivity index (χ4v) is 4.00. The average Bonchev–Trinajstić information content (AvgIpc) is 2.56. The lowest BCUT2D eigenvalue weighted by molar-refractivity contribution is -0.135. The van der Waals surface area contributed by atoms with Crippen LogP contribution in [-0.2, 0) is 4.79 Å². The number of carbonyl (C=O) groups excluding carboxylic acids is 1. The Labute approximate surface area is 127 Å². The maximum Gasteiger partial charge on any atom is 0.244 e. The van der Waals surface area contributed by atoms with Crippen molar-refractivity contribution < 1.29 is 4.79 Å². The number of piperidine rings is 1. The van der Waals surface area contributed by atoms with Crippen molar-refractivity contribution in [3.05, 3.63) is 35.9 Å². The van der Waals surface area contributed by atoms with Gasteiger partial charge in [-0.3, -0.25) is 4.79 Å². The second-order valence-electron chi connectivity index (χ2n) is 6.77. The zero-order valence-corrected chi connectivity index (χ0v) is 12.8. The van der Waals surface area contributed by atoms with Gasteiger partial charge in [-0.2, -0.15) is 0 Å². The van der Waals surface area contributed by atoms with Gasteiger partial charge in [0.1, 0.15) is 6.04 Å². The molecule has 3 nitrogen and oxygen atoms in total. The van der Waals surface area contributed by atoms with Crippen LogP contribution in [0.2, 0.25) is 0 Å². The molecule has 0 aromatic heterocycles. The number of nitrogens with two attached hydrogens (primary N) is 1. The topological polar surface area (TPSA) is 46.3 Å². The molecule has 2 aliphatic rings. The van der Waals surface area contributed by atoms with Crippen molar-refractivity contribution in [1.29, 1.82) is 0 Å². The summed E-state index contributed by atoms with van der Waals surface area (Å²) >= 11 is 0. The number of benzene rings is 1. The van der Waals surface area contributed by atoms with E-state index >= 15 is 0 Å². The van der Waals surface area contributed by atoms with E-state index in [1.165, 1.54) is 44.9 Å². The van der Waals surface area contributed by atoms with Crippen molar-refractivity contribution in [3.8, 4) is 0 Å². The summed E-state index contributed by atoms with van der Waals surface area (Å²) in [5.74, 6) is 0.0897. The Balaban J connectivity index is 1.60. The highest BCUT2D eigenvalue weighted by Gasteiger charge is 2.37. The number of hydrogen-bond acceptors (Lipinski definition) is 2. The van der Waals surface area contributed by atoms with Gasteiger partial charge in [-0.1, -0.05) is 49.6 Å². The molecule has 21 heavy (non-hydrogen) atoms. The maximum absolute atomic E-state index is 12.6. The Bertz CT molecular complexity index is 469. The third-order valence-electron chi connectivity index (χ3n) is 5.47. The highest BCUT2D eigenvalue weighted by Crippen LogP contribution is 2.44. The maximum atomic E-state index is 12.6. The van der Waals surface area contributed by atoms with Crippen LogP contribution in [0.25, 0.3) is 0 Å². The summed E-state index contributed by atoms with van der Waals surface area (Å²) in [7, 11) is 0. The molecule has 3 heteroatoms. The van der Waals surface area contributed by atoms with E-state index in [0.29, 0.717) is 5.41 Å². The Morgan fingerprint density at radius 2 is 1.62 bits per heavy atom. The van der Waals surface area contributed by atoms with Crippen LogP contribution in [0.15, 0.2) is 30.3 Å². The van der Waals surface area contributed by atoms with Crippen molar-refractivity contribution in [2.24, 2.45) is 11.1 Å². The fourth-order valence-electron chi connectivity index (χ4n) is 4.00. The summed E-state index contributed by atoms with van der Waals surface area (Å²) < 4.78 is 0. The standard InChI is InChI=1S/C18H26N2O/c19-16(15-7-3-1-4-8-15)17(21)20-13-11-18(12-14-20)9-5-2-6-10-18/h1,3-4,7-8,16H,2,5-6,9-14,19H2/t16-/m0/s1. The van der Waals surface area contributed by atoms with Crippen LogP contribution in [0.3, 0.4) is 0 Å². The molecular weight excluding hydrogens is 260 g/mol. The number of amides is 1. The molecule has 1 heterocycles. The quantitative estimate of drug-likeness (QED) is 0.907. The first-order valence-electron chi connectivity index (χ1n) is 8.30. The van der Waals surface area contributed by atoms with Crippen molar-refractivity contribution in [2.45, 2.75) is 51.0 Å². The van der Waals surface area contributed by atoms with E-state index in [9.17, 15) is 4.79 Å². The predicted molar refractivity (Wildman–Crippen MR) is 84.7 cm³/mol. The Hall–Kier alpha value is -1.35. The van der Waals surface area contributed by atoms with Gasteiger partial charge in [-0.05, 0) is 36.7 Å². The molecule has 1 amide bonds. The fraction of sp³-hybridized carbons (Fsp3) is 0.611. The summed E-state index contributed by atoms with van der Waals surface area (Å²) in [5.41, 5.74) is 7.60. The summed E-state index contributed by atoms with van der Waals surface area (Å²) in [5, 5.41) is 0. The molecule has 1 aliphatic heterocycles. The lowest BCUT2D eigenvalue weighted by atomic mass is 9.68. The van der Waals surface area contributed by atoms with Crippen LogP contribution in [0.1, 0.15) is 56.6 Å². The normalized spacial score (nSPS) is 23.0. The molecule has 1 aliphatic carbocycles. The van der Waals surface area contributed by atoms with Crippen LogP contribution < -0.4 is 5.73 Å². The smallest absolute Gasteiger partial charge is 0.244 e. The second kappa shape index (κ2) is 6.18. The van der Waals surface area contributed by atoms with Crippen LogP contribution in [-0.4, -0.2) is 23.9 Å². The van der Waals surface area contributed by atoms with E-state index in [1.54, 1.807) is 0 Å². The van der Waals surface area contributed by atoms with Crippen molar-refractivity contribution in [1.82, 2.24) is 4.90 Å². The van der Waals surface area contributed by atoms with E-state index in [1.807, 2.05) is 35.2 Å². The largest absolute Gasteiger partial charge is 0.341 e. The van der Waals surface area contributed by atoms with Gasteiger partial charge in [0.2, 0.25) is 5.91 Å². The van der Waals surface area contributed by atoms with Gasteiger partial charge >= 0.3 is 0 Å². The zero-order chi connectivity index (χ0) is 14.7. The van der Waals surface area contributed by atoms with E-state index in [4.69, 9.17) is 5.73 Å². The predicted octanol–water partition coefficient (Wildman–Crippen LogP) is 3.26. The molecule has 0 unspecified atom stereocenters. The summed E-state index contributed by atoms with van der Waals surface area (Å²) in [6.45, 7) is 1.78. The van der Waals surface area contributed by atoms with Gasteiger partial charge in [0.05, 0.1) is 0 Å². The highest BCUT2D eigenvalue weighted by atomic mass is 16.2.